The fourth-order valence-corrected chi connectivity index (χ4v) is 3.33. The molecule has 0 spiro atoms. The van der Waals surface area contributed by atoms with E-state index in [1.165, 1.54) is 0 Å². The molecule has 2 aromatic rings. The van der Waals surface area contributed by atoms with Gasteiger partial charge in [0.1, 0.15) is 0 Å². The number of para-hydroxylation sites is 1. The minimum absolute atomic E-state index is 0.0457. The molecular weight excluding hydrogens is 302 g/mol. The van der Waals surface area contributed by atoms with Crippen LogP contribution >= 0.6 is 0 Å². The summed E-state index contributed by atoms with van der Waals surface area (Å²) in [6.07, 6.45) is 2.41. The van der Waals surface area contributed by atoms with Crippen molar-refractivity contribution in [3.05, 3.63) is 36.0 Å². The van der Waals surface area contributed by atoms with E-state index in [4.69, 9.17) is 4.74 Å². The second-order valence-corrected chi connectivity index (χ2v) is 6.99. The number of fused-ring (bicyclic) bond motifs is 1. The summed E-state index contributed by atoms with van der Waals surface area (Å²) < 4.78 is 5.78. The number of aromatic amines is 1. The highest BCUT2D eigenvalue weighted by Crippen LogP contribution is 2.18. The number of rotatable bonds is 6. The number of hydrogen-bond acceptors (Lipinski definition) is 3. The number of benzene rings is 1. The van der Waals surface area contributed by atoms with Crippen LogP contribution in [0.25, 0.3) is 10.9 Å². The summed E-state index contributed by atoms with van der Waals surface area (Å²) in [6, 6.07) is 8.06. The van der Waals surface area contributed by atoms with E-state index in [0.717, 1.165) is 42.7 Å². The molecule has 1 amide bonds. The fourth-order valence-electron chi connectivity index (χ4n) is 3.33. The Morgan fingerprint density at radius 3 is 3.08 bits per heavy atom. The van der Waals surface area contributed by atoms with Gasteiger partial charge < -0.3 is 15.0 Å². The molecule has 1 unspecified atom stereocenters. The maximum atomic E-state index is 12.3. The number of carbonyl (C=O) groups is 1. The second kappa shape index (κ2) is 7.81. The second-order valence-electron chi connectivity index (χ2n) is 6.99. The third kappa shape index (κ3) is 4.36. The van der Waals surface area contributed by atoms with Crippen LogP contribution in [0.15, 0.2) is 30.5 Å². The van der Waals surface area contributed by atoms with Crippen LogP contribution in [-0.2, 0) is 16.0 Å². The zero-order valence-corrected chi connectivity index (χ0v) is 14.5. The van der Waals surface area contributed by atoms with E-state index >= 15 is 0 Å². The predicted octanol–water partition coefficient (Wildman–Crippen LogP) is 2.18. The number of hydrogen-bond donors (Lipinski definition) is 2. The van der Waals surface area contributed by atoms with Crippen molar-refractivity contribution in [2.24, 2.45) is 5.92 Å². The number of morpholine rings is 1. The SMILES string of the molecule is CC(C)CN1CCOC(CNC(=O)Cc2c[nH]c3ccccc23)C1. The average molecular weight is 329 g/mol. The quantitative estimate of drug-likeness (QED) is 0.854. The standard InChI is InChI=1S/C19H27N3O2/c1-14(2)12-22-7-8-24-16(13-22)11-21-19(23)9-15-10-20-18-6-4-3-5-17(15)18/h3-6,10,14,16,20H,7-9,11-13H2,1-2H3,(H,21,23). The monoisotopic (exact) mass is 329 g/mol. The van der Waals surface area contributed by atoms with E-state index in [1.54, 1.807) is 0 Å². The zero-order valence-electron chi connectivity index (χ0n) is 14.5. The van der Waals surface area contributed by atoms with Gasteiger partial charge in [0.2, 0.25) is 5.91 Å². The molecule has 5 nitrogen and oxygen atoms in total. The first-order valence-corrected chi connectivity index (χ1v) is 8.77. The molecule has 1 aromatic carbocycles. The molecule has 3 rings (SSSR count). The zero-order chi connectivity index (χ0) is 16.9. The van der Waals surface area contributed by atoms with Crippen LogP contribution in [0, 0.1) is 5.92 Å². The lowest BCUT2D eigenvalue weighted by molar-refractivity contribution is -0.121. The summed E-state index contributed by atoms with van der Waals surface area (Å²) >= 11 is 0. The highest BCUT2D eigenvalue weighted by molar-refractivity contribution is 5.88. The summed E-state index contributed by atoms with van der Waals surface area (Å²) in [5.41, 5.74) is 2.11. The maximum absolute atomic E-state index is 12.3. The van der Waals surface area contributed by atoms with Crippen molar-refractivity contribution in [2.45, 2.75) is 26.4 Å². The van der Waals surface area contributed by atoms with Crippen LogP contribution in [0.5, 0.6) is 0 Å². The lowest BCUT2D eigenvalue weighted by Crippen LogP contribution is -2.48. The van der Waals surface area contributed by atoms with Gasteiger partial charge in [0, 0.05) is 43.3 Å². The van der Waals surface area contributed by atoms with Crippen LogP contribution < -0.4 is 5.32 Å². The Morgan fingerprint density at radius 1 is 1.42 bits per heavy atom. The van der Waals surface area contributed by atoms with Crippen molar-refractivity contribution in [3.8, 4) is 0 Å². The molecule has 0 aliphatic carbocycles. The van der Waals surface area contributed by atoms with Crippen LogP contribution in [0.1, 0.15) is 19.4 Å². The first-order valence-electron chi connectivity index (χ1n) is 8.77. The highest BCUT2D eigenvalue weighted by atomic mass is 16.5. The van der Waals surface area contributed by atoms with Crippen molar-refractivity contribution < 1.29 is 9.53 Å². The molecular formula is C19H27N3O2. The number of nitrogens with zero attached hydrogens (tertiary/aromatic N) is 1. The number of ether oxygens (including phenoxy) is 1. The van der Waals surface area contributed by atoms with E-state index in [-0.39, 0.29) is 12.0 Å². The van der Waals surface area contributed by atoms with Crippen molar-refractivity contribution in [1.29, 1.82) is 0 Å². The van der Waals surface area contributed by atoms with Gasteiger partial charge in [-0.2, -0.15) is 0 Å². The van der Waals surface area contributed by atoms with Crippen molar-refractivity contribution in [2.75, 3.05) is 32.8 Å². The molecule has 24 heavy (non-hydrogen) atoms. The van der Waals surface area contributed by atoms with Crippen molar-refractivity contribution in [3.63, 3.8) is 0 Å². The first kappa shape index (κ1) is 17.0. The topological polar surface area (TPSA) is 57.4 Å². The summed E-state index contributed by atoms with van der Waals surface area (Å²) in [4.78, 5) is 17.9. The Hall–Kier alpha value is -1.85. The van der Waals surface area contributed by atoms with Gasteiger partial charge in [0.05, 0.1) is 19.1 Å². The number of carbonyl (C=O) groups excluding carboxylic acids is 1. The van der Waals surface area contributed by atoms with Crippen LogP contribution in [0.2, 0.25) is 0 Å². The van der Waals surface area contributed by atoms with Gasteiger partial charge >= 0.3 is 0 Å². The number of aromatic nitrogens is 1. The largest absolute Gasteiger partial charge is 0.374 e. The highest BCUT2D eigenvalue weighted by Gasteiger charge is 2.21. The molecule has 0 radical (unpaired) electrons. The van der Waals surface area contributed by atoms with Crippen LogP contribution in [0.4, 0.5) is 0 Å². The number of H-pyrrole nitrogens is 1. The first-order chi connectivity index (χ1) is 11.6. The van der Waals surface area contributed by atoms with E-state index in [1.807, 2.05) is 30.5 Å². The molecule has 0 saturated carbocycles. The summed E-state index contributed by atoms with van der Waals surface area (Å²) in [6.45, 7) is 8.75. The van der Waals surface area contributed by atoms with Gasteiger partial charge in [-0.25, -0.2) is 0 Å². The Bertz CT molecular complexity index is 680. The third-order valence-electron chi connectivity index (χ3n) is 4.40. The van der Waals surface area contributed by atoms with Crippen molar-refractivity contribution in [1.82, 2.24) is 15.2 Å². The average Bonchev–Trinajstić information content (AvgIpc) is 2.96. The minimum atomic E-state index is 0.0457. The molecule has 2 heterocycles. The molecule has 1 aliphatic rings. The summed E-state index contributed by atoms with van der Waals surface area (Å²) in [5.74, 6) is 0.699. The Balaban J connectivity index is 1.49. The van der Waals surface area contributed by atoms with Gasteiger partial charge in [-0.15, -0.1) is 0 Å². The Labute approximate surface area is 143 Å². The third-order valence-corrected chi connectivity index (χ3v) is 4.40. The van der Waals surface area contributed by atoms with E-state index in [2.05, 4.69) is 29.0 Å². The number of nitrogens with one attached hydrogen (secondary N) is 2. The molecule has 1 saturated heterocycles. The molecule has 2 N–H and O–H groups in total. The lowest BCUT2D eigenvalue weighted by Gasteiger charge is -2.33. The van der Waals surface area contributed by atoms with Gasteiger partial charge in [-0.1, -0.05) is 32.0 Å². The van der Waals surface area contributed by atoms with Crippen LogP contribution in [0.3, 0.4) is 0 Å². The normalized spacial score (nSPS) is 19.0. The lowest BCUT2D eigenvalue weighted by atomic mass is 10.1. The summed E-state index contributed by atoms with van der Waals surface area (Å²) in [5, 5.41) is 4.14. The van der Waals surface area contributed by atoms with Crippen LogP contribution in [-0.4, -0.2) is 54.7 Å². The van der Waals surface area contributed by atoms with Crippen molar-refractivity contribution >= 4 is 16.8 Å². The molecule has 130 valence electrons. The molecule has 0 bridgehead atoms. The van der Waals surface area contributed by atoms with Gasteiger partial charge in [-0.3, -0.25) is 9.69 Å². The van der Waals surface area contributed by atoms with Gasteiger partial charge in [0.15, 0.2) is 0 Å². The predicted molar refractivity (Wildman–Crippen MR) is 96.0 cm³/mol. The molecule has 1 fully saturated rings. The van der Waals surface area contributed by atoms with E-state index in [9.17, 15) is 4.79 Å². The molecule has 1 aliphatic heterocycles. The van der Waals surface area contributed by atoms with E-state index in [0.29, 0.717) is 18.9 Å². The van der Waals surface area contributed by atoms with Gasteiger partial charge in [-0.05, 0) is 17.5 Å². The fraction of sp³-hybridized carbons (Fsp3) is 0.526. The maximum Gasteiger partial charge on any atom is 0.224 e. The summed E-state index contributed by atoms with van der Waals surface area (Å²) in [7, 11) is 0. The van der Waals surface area contributed by atoms with E-state index < -0.39 is 0 Å². The molecule has 1 atom stereocenters. The minimum Gasteiger partial charge on any atom is -0.374 e. The molecule has 1 aromatic heterocycles. The van der Waals surface area contributed by atoms with Gasteiger partial charge in [0.25, 0.3) is 0 Å². The number of amides is 1. The Morgan fingerprint density at radius 2 is 2.25 bits per heavy atom. The Kier molecular flexibility index (Phi) is 5.53. The molecule has 5 heteroatoms. The smallest absolute Gasteiger partial charge is 0.224 e.